The molecule has 0 bridgehead atoms. The number of nitrogens with zero attached hydrogens (tertiary/aromatic N) is 2. The first-order chi connectivity index (χ1) is 9.06. The first kappa shape index (κ1) is 13.4. The first-order valence-corrected chi connectivity index (χ1v) is 6.26. The van der Waals surface area contributed by atoms with Crippen LogP contribution in [0.1, 0.15) is 16.1 Å². The minimum Gasteiger partial charge on any atom is -0.398 e. The lowest BCUT2D eigenvalue weighted by Crippen LogP contribution is -2.25. The van der Waals surface area contributed by atoms with Crippen molar-refractivity contribution in [3.63, 3.8) is 0 Å². The van der Waals surface area contributed by atoms with Gasteiger partial charge in [0.15, 0.2) is 0 Å². The molecule has 3 N–H and O–H groups in total. The summed E-state index contributed by atoms with van der Waals surface area (Å²) < 4.78 is 1.73. The molecule has 0 saturated heterocycles. The number of carbonyl (C=O) groups excluding carboxylic acids is 1. The number of anilines is 1. The van der Waals surface area contributed by atoms with E-state index in [1.54, 1.807) is 22.9 Å². The molecular formula is C13H15ClN4O. The zero-order chi connectivity index (χ0) is 13.8. The third-order valence-electron chi connectivity index (χ3n) is 2.70. The second-order valence-corrected chi connectivity index (χ2v) is 4.63. The minimum absolute atomic E-state index is 0.169. The summed E-state index contributed by atoms with van der Waals surface area (Å²) in [6.45, 7) is 0.526. The summed E-state index contributed by atoms with van der Waals surface area (Å²) in [5, 5.41) is 7.44. The van der Waals surface area contributed by atoms with Crippen molar-refractivity contribution in [2.45, 2.75) is 6.42 Å². The molecule has 1 heterocycles. The number of rotatable bonds is 4. The number of nitrogens with two attached hydrogens (primary N) is 1. The number of benzene rings is 1. The fourth-order valence-electron chi connectivity index (χ4n) is 1.67. The minimum atomic E-state index is -0.169. The maximum Gasteiger partial charge on any atom is 0.251 e. The Kier molecular flexibility index (Phi) is 4.06. The molecule has 0 spiro atoms. The predicted molar refractivity (Wildman–Crippen MR) is 75.1 cm³/mol. The van der Waals surface area contributed by atoms with Gasteiger partial charge in [0.2, 0.25) is 0 Å². The summed E-state index contributed by atoms with van der Waals surface area (Å²) in [4.78, 5) is 11.9. The van der Waals surface area contributed by atoms with Crippen LogP contribution >= 0.6 is 11.6 Å². The average Bonchev–Trinajstić information content (AvgIpc) is 2.78. The van der Waals surface area contributed by atoms with Crippen LogP contribution < -0.4 is 11.1 Å². The normalized spacial score (nSPS) is 10.4. The van der Waals surface area contributed by atoms with Crippen LogP contribution in [0.2, 0.25) is 5.02 Å². The molecule has 0 radical (unpaired) electrons. The van der Waals surface area contributed by atoms with E-state index in [1.165, 1.54) is 0 Å². The van der Waals surface area contributed by atoms with Crippen LogP contribution in [0.3, 0.4) is 0 Å². The number of carbonyl (C=O) groups is 1. The van der Waals surface area contributed by atoms with Crippen LogP contribution in [-0.2, 0) is 13.5 Å². The predicted octanol–water partition coefficient (Wildman–Crippen LogP) is 1.63. The van der Waals surface area contributed by atoms with Gasteiger partial charge < -0.3 is 11.1 Å². The highest BCUT2D eigenvalue weighted by Gasteiger charge is 2.07. The molecule has 0 aliphatic carbocycles. The number of hydrogen-bond donors (Lipinski definition) is 2. The third kappa shape index (κ3) is 3.48. The molecule has 0 atom stereocenters. The zero-order valence-corrected chi connectivity index (χ0v) is 11.3. The molecule has 1 aromatic heterocycles. The van der Waals surface area contributed by atoms with Crippen LogP contribution in [0.5, 0.6) is 0 Å². The summed E-state index contributed by atoms with van der Waals surface area (Å²) in [5.74, 6) is -0.169. The molecule has 2 aromatic rings. The zero-order valence-electron chi connectivity index (χ0n) is 10.6. The molecule has 1 amide bonds. The molecule has 0 aliphatic rings. The summed E-state index contributed by atoms with van der Waals surface area (Å²) in [7, 11) is 1.86. The van der Waals surface area contributed by atoms with Gasteiger partial charge in [-0.25, -0.2) is 0 Å². The lowest BCUT2D eigenvalue weighted by molar-refractivity contribution is 0.0954. The van der Waals surface area contributed by atoms with E-state index in [1.807, 2.05) is 19.3 Å². The number of aryl methyl sites for hydroxylation is 1. The Morgan fingerprint density at radius 1 is 1.47 bits per heavy atom. The maximum absolute atomic E-state index is 11.9. The number of amides is 1. The number of aromatic nitrogens is 2. The molecule has 0 fully saturated rings. The average molecular weight is 279 g/mol. The fourth-order valence-corrected chi connectivity index (χ4v) is 1.85. The Morgan fingerprint density at radius 3 is 2.89 bits per heavy atom. The van der Waals surface area contributed by atoms with E-state index in [-0.39, 0.29) is 5.91 Å². The van der Waals surface area contributed by atoms with Gasteiger partial charge in [-0.15, -0.1) is 0 Å². The van der Waals surface area contributed by atoms with E-state index < -0.39 is 0 Å². The second kappa shape index (κ2) is 5.75. The standard InChI is InChI=1S/C13H15ClN4O/c1-18-7-5-10(17-18)4-6-16-13(19)9-2-3-12(15)11(14)8-9/h2-3,5,7-8H,4,6,15H2,1H3,(H,16,19). The Balaban J connectivity index is 1.89. The molecule has 100 valence electrons. The van der Waals surface area contributed by atoms with Crippen LogP contribution in [0, 0.1) is 0 Å². The second-order valence-electron chi connectivity index (χ2n) is 4.22. The van der Waals surface area contributed by atoms with Crippen LogP contribution in [0.25, 0.3) is 0 Å². The smallest absolute Gasteiger partial charge is 0.251 e. The van der Waals surface area contributed by atoms with Crippen molar-refractivity contribution in [2.75, 3.05) is 12.3 Å². The van der Waals surface area contributed by atoms with Gasteiger partial charge in [0, 0.05) is 31.8 Å². The van der Waals surface area contributed by atoms with Crippen molar-refractivity contribution >= 4 is 23.2 Å². The van der Waals surface area contributed by atoms with E-state index in [2.05, 4.69) is 10.4 Å². The van der Waals surface area contributed by atoms with Gasteiger partial charge in [-0.05, 0) is 24.3 Å². The van der Waals surface area contributed by atoms with Crippen molar-refractivity contribution in [3.05, 3.63) is 46.7 Å². The number of hydrogen-bond acceptors (Lipinski definition) is 3. The van der Waals surface area contributed by atoms with Crippen molar-refractivity contribution in [1.29, 1.82) is 0 Å². The Bertz CT molecular complexity index is 594. The van der Waals surface area contributed by atoms with Crippen molar-refractivity contribution in [1.82, 2.24) is 15.1 Å². The van der Waals surface area contributed by atoms with E-state index in [0.717, 1.165) is 5.69 Å². The van der Waals surface area contributed by atoms with E-state index in [4.69, 9.17) is 17.3 Å². The van der Waals surface area contributed by atoms with Crippen molar-refractivity contribution in [2.24, 2.45) is 7.05 Å². The fraction of sp³-hybridized carbons (Fsp3) is 0.231. The number of nitrogens with one attached hydrogen (secondary N) is 1. The third-order valence-corrected chi connectivity index (χ3v) is 3.03. The van der Waals surface area contributed by atoms with E-state index in [0.29, 0.717) is 29.2 Å². The molecule has 19 heavy (non-hydrogen) atoms. The molecule has 0 aliphatic heterocycles. The SMILES string of the molecule is Cn1ccc(CCNC(=O)c2ccc(N)c(Cl)c2)n1. The molecule has 0 saturated carbocycles. The van der Waals surface area contributed by atoms with Crippen LogP contribution in [-0.4, -0.2) is 22.2 Å². The van der Waals surface area contributed by atoms with E-state index >= 15 is 0 Å². The summed E-state index contributed by atoms with van der Waals surface area (Å²) >= 11 is 5.87. The maximum atomic E-state index is 11.9. The summed E-state index contributed by atoms with van der Waals surface area (Å²) in [6.07, 6.45) is 2.56. The lowest BCUT2D eigenvalue weighted by atomic mass is 10.2. The molecule has 1 aromatic carbocycles. The molecule has 6 heteroatoms. The number of halogens is 1. The number of nitrogen functional groups attached to an aromatic ring is 1. The summed E-state index contributed by atoms with van der Waals surface area (Å²) in [6, 6.07) is 6.76. The van der Waals surface area contributed by atoms with Gasteiger partial charge in [0.1, 0.15) is 0 Å². The van der Waals surface area contributed by atoms with Gasteiger partial charge in [-0.2, -0.15) is 5.10 Å². The van der Waals surface area contributed by atoms with Crippen LogP contribution in [0.4, 0.5) is 5.69 Å². The molecular weight excluding hydrogens is 264 g/mol. The highest BCUT2D eigenvalue weighted by molar-refractivity contribution is 6.33. The Labute approximate surface area is 116 Å². The monoisotopic (exact) mass is 278 g/mol. The van der Waals surface area contributed by atoms with Crippen LogP contribution in [0.15, 0.2) is 30.5 Å². The van der Waals surface area contributed by atoms with Gasteiger partial charge in [0.25, 0.3) is 5.91 Å². The highest BCUT2D eigenvalue weighted by Crippen LogP contribution is 2.19. The lowest BCUT2D eigenvalue weighted by Gasteiger charge is -2.05. The molecule has 0 unspecified atom stereocenters. The highest BCUT2D eigenvalue weighted by atomic mass is 35.5. The largest absolute Gasteiger partial charge is 0.398 e. The van der Waals surface area contributed by atoms with Crippen molar-refractivity contribution < 1.29 is 4.79 Å². The quantitative estimate of drug-likeness (QED) is 0.835. The Morgan fingerprint density at radius 2 is 2.26 bits per heavy atom. The summed E-state index contributed by atoms with van der Waals surface area (Å²) in [5.41, 5.74) is 7.50. The van der Waals surface area contributed by atoms with Crippen molar-refractivity contribution in [3.8, 4) is 0 Å². The Hall–Kier alpha value is -2.01. The topological polar surface area (TPSA) is 72.9 Å². The van der Waals surface area contributed by atoms with Gasteiger partial charge >= 0.3 is 0 Å². The van der Waals surface area contributed by atoms with Gasteiger partial charge in [-0.1, -0.05) is 11.6 Å². The van der Waals surface area contributed by atoms with Gasteiger partial charge in [-0.3, -0.25) is 9.48 Å². The van der Waals surface area contributed by atoms with Gasteiger partial charge in [0.05, 0.1) is 16.4 Å². The van der Waals surface area contributed by atoms with E-state index in [9.17, 15) is 4.79 Å². The molecule has 2 rings (SSSR count). The first-order valence-electron chi connectivity index (χ1n) is 5.88. The molecule has 5 nitrogen and oxygen atoms in total.